The van der Waals surface area contributed by atoms with E-state index >= 15 is 0 Å². The van der Waals surface area contributed by atoms with Gasteiger partial charge in [-0.2, -0.15) is 5.26 Å². The summed E-state index contributed by atoms with van der Waals surface area (Å²) in [6.45, 7) is 5.14. The van der Waals surface area contributed by atoms with E-state index in [1.165, 1.54) is 24.0 Å². The Kier molecular flexibility index (Phi) is 4.03. The number of aryl methyl sites for hydroxylation is 1. The van der Waals surface area contributed by atoms with Crippen LogP contribution in [0.4, 0.5) is 5.69 Å². The lowest BCUT2D eigenvalue weighted by Crippen LogP contribution is -2.46. The van der Waals surface area contributed by atoms with Crippen LogP contribution in [0.5, 0.6) is 0 Å². The van der Waals surface area contributed by atoms with E-state index in [0.29, 0.717) is 11.1 Å². The third kappa shape index (κ3) is 2.82. The summed E-state index contributed by atoms with van der Waals surface area (Å²) in [7, 11) is 0. The largest absolute Gasteiger partial charge is 0.307 e. The van der Waals surface area contributed by atoms with Gasteiger partial charge in [-0.1, -0.05) is 23.8 Å². The van der Waals surface area contributed by atoms with Crippen LogP contribution < -0.4 is 4.90 Å². The molecule has 0 radical (unpaired) electrons. The molecular weight excluding hydrogens is 346 g/mol. The van der Waals surface area contributed by atoms with Gasteiger partial charge in [0.05, 0.1) is 11.6 Å². The summed E-state index contributed by atoms with van der Waals surface area (Å²) >= 11 is 0. The Hall–Kier alpha value is -2.64. The van der Waals surface area contributed by atoms with Gasteiger partial charge in [-0.25, -0.2) is 0 Å². The molecule has 0 bridgehead atoms. The number of benzene rings is 2. The summed E-state index contributed by atoms with van der Waals surface area (Å²) in [5.41, 5.74) is 4.84. The fourth-order valence-electron chi connectivity index (χ4n) is 5.03. The summed E-state index contributed by atoms with van der Waals surface area (Å²) in [6, 6.07) is 16.5. The zero-order valence-electron chi connectivity index (χ0n) is 16.3. The zero-order valence-corrected chi connectivity index (χ0v) is 16.3. The molecule has 4 nitrogen and oxygen atoms in total. The Morgan fingerprint density at radius 1 is 1.14 bits per heavy atom. The average molecular weight is 371 g/mol. The molecule has 0 unspecified atom stereocenters. The van der Waals surface area contributed by atoms with Crippen LogP contribution in [0.3, 0.4) is 0 Å². The molecule has 0 atom stereocenters. The fraction of sp³-hybridized carbons (Fsp3) is 0.417. The van der Waals surface area contributed by atoms with Crippen molar-refractivity contribution in [3.05, 3.63) is 64.7 Å². The van der Waals surface area contributed by atoms with Crippen LogP contribution in [0, 0.1) is 18.3 Å². The highest BCUT2D eigenvalue weighted by atomic mass is 16.2. The van der Waals surface area contributed by atoms with E-state index in [2.05, 4.69) is 36.1 Å². The summed E-state index contributed by atoms with van der Waals surface area (Å²) in [6.07, 6.45) is 4.93. The molecule has 28 heavy (non-hydrogen) atoms. The van der Waals surface area contributed by atoms with Crippen LogP contribution in [0.2, 0.25) is 0 Å². The zero-order chi connectivity index (χ0) is 19.3. The molecule has 4 heteroatoms. The normalized spacial score (nSPS) is 20.8. The van der Waals surface area contributed by atoms with Gasteiger partial charge >= 0.3 is 0 Å². The van der Waals surface area contributed by atoms with Crippen molar-refractivity contribution in [2.75, 3.05) is 24.5 Å². The Morgan fingerprint density at radius 3 is 2.64 bits per heavy atom. The Morgan fingerprint density at radius 2 is 1.93 bits per heavy atom. The van der Waals surface area contributed by atoms with Crippen molar-refractivity contribution >= 4 is 11.6 Å². The SMILES string of the molecule is Cc1ccc2c(c1)C1(CCN(C3CC3)CC1)CN2C(=O)c1cccc(C#N)c1. The molecule has 0 aromatic heterocycles. The first-order chi connectivity index (χ1) is 13.6. The van der Waals surface area contributed by atoms with Gasteiger partial charge < -0.3 is 9.80 Å². The van der Waals surface area contributed by atoms with Crippen LogP contribution >= 0.6 is 0 Å². The van der Waals surface area contributed by atoms with Crippen LogP contribution in [-0.4, -0.2) is 36.5 Å². The minimum atomic E-state index is 0.00343. The molecular formula is C24H25N3O. The predicted octanol–water partition coefficient (Wildman–Crippen LogP) is 4.02. The first-order valence-electron chi connectivity index (χ1n) is 10.3. The summed E-state index contributed by atoms with van der Waals surface area (Å²) in [5.74, 6) is 0.00343. The van der Waals surface area contributed by atoms with Gasteiger partial charge in [0.2, 0.25) is 0 Å². The molecule has 1 saturated heterocycles. The number of hydrogen-bond donors (Lipinski definition) is 0. The number of anilines is 1. The third-order valence-corrected chi connectivity index (χ3v) is 6.78. The molecule has 2 aromatic carbocycles. The van der Waals surface area contributed by atoms with Crippen molar-refractivity contribution in [3.8, 4) is 6.07 Å². The van der Waals surface area contributed by atoms with Gasteiger partial charge in [0, 0.05) is 29.3 Å². The number of carbonyl (C=O) groups is 1. The monoisotopic (exact) mass is 371 g/mol. The average Bonchev–Trinajstić information content (AvgIpc) is 3.53. The maximum Gasteiger partial charge on any atom is 0.258 e. The lowest BCUT2D eigenvalue weighted by atomic mass is 9.74. The highest BCUT2D eigenvalue weighted by Crippen LogP contribution is 2.48. The van der Waals surface area contributed by atoms with E-state index in [9.17, 15) is 10.1 Å². The number of rotatable bonds is 2. The molecule has 1 amide bonds. The molecule has 1 spiro atoms. The molecule has 2 aliphatic heterocycles. The lowest BCUT2D eigenvalue weighted by Gasteiger charge is -2.40. The van der Waals surface area contributed by atoms with Crippen LogP contribution in [0.15, 0.2) is 42.5 Å². The van der Waals surface area contributed by atoms with E-state index in [4.69, 9.17) is 0 Å². The standard InChI is InChI=1S/C24H25N3O/c1-17-5-8-22-21(13-17)24(9-11-26(12-10-24)20-6-7-20)16-27(22)23(28)19-4-2-3-18(14-19)15-25/h2-5,8,13-14,20H,6-7,9-12,16H2,1H3. The molecule has 3 aliphatic rings. The van der Waals surface area contributed by atoms with Gasteiger partial charge in [0.15, 0.2) is 0 Å². The number of nitriles is 1. The third-order valence-electron chi connectivity index (χ3n) is 6.78. The Balaban J connectivity index is 1.49. The van der Waals surface area contributed by atoms with Crippen molar-refractivity contribution in [3.63, 3.8) is 0 Å². The minimum absolute atomic E-state index is 0.00343. The van der Waals surface area contributed by atoms with Gasteiger partial charge in [0.25, 0.3) is 5.91 Å². The van der Waals surface area contributed by atoms with Gasteiger partial charge in [-0.05, 0) is 75.5 Å². The molecule has 2 fully saturated rings. The van der Waals surface area contributed by atoms with Crippen molar-refractivity contribution in [1.82, 2.24) is 4.90 Å². The van der Waals surface area contributed by atoms with E-state index in [0.717, 1.165) is 44.2 Å². The predicted molar refractivity (Wildman–Crippen MR) is 110 cm³/mol. The van der Waals surface area contributed by atoms with E-state index < -0.39 is 0 Å². The number of likely N-dealkylation sites (tertiary alicyclic amines) is 1. The summed E-state index contributed by atoms with van der Waals surface area (Å²) < 4.78 is 0. The molecule has 2 heterocycles. The minimum Gasteiger partial charge on any atom is -0.307 e. The molecule has 1 aliphatic carbocycles. The molecule has 2 aromatic rings. The number of fused-ring (bicyclic) bond motifs is 2. The van der Waals surface area contributed by atoms with Gasteiger partial charge in [-0.15, -0.1) is 0 Å². The second kappa shape index (κ2) is 6.46. The Labute approximate surface area is 166 Å². The highest BCUT2D eigenvalue weighted by Gasteiger charge is 2.47. The smallest absolute Gasteiger partial charge is 0.258 e. The molecule has 0 N–H and O–H groups in total. The van der Waals surface area contributed by atoms with E-state index in [-0.39, 0.29) is 11.3 Å². The quantitative estimate of drug-likeness (QED) is 0.801. The number of amides is 1. The number of piperidine rings is 1. The van der Waals surface area contributed by atoms with Crippen molar-refractivity contribution in [1.29, 1.82) is 5.26 Å². The van der Waals surface area contributed by atoms with Crippen LogP contribution in [-0.2, 0) is 5.41 Å². The maximum absolute atomic E-state index is 13.4. The number of nitrogens with zero attached hydrogens (tertiary/aromatic N) is 3. The second-order valence-electron chi connectivity index (χ2n) is 8.65. The van der Waals surface area contributed by atoms with E-state index in [1.807, 2.05) is 11.0 Å². The highest BCUT2D eigenvalue weighted by molar-refractivity contribution is 6.08. The van der Waals surface area contributed by atoms with Gasteiger partial charge in [-0.3, -0.25) is 4.79 Å². The summed E-state index contributed by atoms with van der Waals surface area (Å²) in [4.78, 5) is 18.0. The first-order valence-corrected chi connectivity index (χ1v) is 10.3. The van der Waals surface area contributed by atoms with E-state index in [1.54, 1.807) is 18.2 Å². The molecule has 1 saturated carbocycles. The van der Waals surface area contributed by atoms with Crippen LogP contribution in [0.25, 0.3) is 0 Å². The summed E-state index contributed by atoms with van der Waals surface area (Å²) in [5, 5.41) is 9.19. The first kappa shape index (κ1) is 17.5. The molecule has 142 valence electrons. The van der Waals surface area contributed by atoms with Crippen LogP contribution in [0.1, 0.15) is 52.7 Å². The van der Waals surface area contributed by atoms with Crippen molar-refractivity contribution in [2.45, 2.75) is 44.1 Å². The lowest BCUT2D eigenvalue weighted by molar-refractivity contribution is 0.0975. The molecule has 5 rings (SSSR count). The number of hydrogen-bond acceptors (Lipinski definition) is 3. The Bertz CT molecular complexity index is 978. The fourth-order valence-corrected chi connectivity index (χ4v) is 5.03. The van der Waals surface area contributed by atoms with Crippen molar-refractivity contribution < 1.29 is 4.79 Å². The second-order valence-corrected chi connectivity index (χ2v) is 8.65. The van der Waals surface area contributed by atoms with Gasteiger partial charge in [0.1, 0.15) is 0 Å². The number of carbonyl (C=O) groups excluding carboxylic acids is 1. The topological polar surface area (TPSA) is 47.3 Å². The maximum atomic E-state index is 13.4. The van der Waals surface area contributed by atoms with Crippen molar-refractivity contribution in [2.24, 2.45) is 0 Å².